The lowest BCUT2D eigenvalue weighted by Crippen LogP contribution is -2.06. The van der Waals surface area contributed by atoms with Gasteiger partial charge in [-0.3, -0.25) is 14.4 Å². The second-order valence-corrected chi connectivity index (χ2v) is 5.19. The fraction of sp³-hybridized carbons (Fsp3) is 0.0556. The number of phenols is 1. The van der Waals surface area contributed by atoms with Gasteiger partial charge in [-0.05, 0) is 42.3 Å². The molecule has 114 valence electrons. The number of rotatable bonds is 3. The molecule has 2 aromatic carbocycles. The molecule has 5 nitrogen and oxygen atoms in total. The van der Waals surface area contributed by atoms with Gasteiger partial charge in [0.15, 0.2) is 11.7 Å². The lowest BCUT2D eigenvalue weighted by atomic mass is 10.0. The van der Waals surface area contributed by atoms with Gasteiger partial charge in [-0.25, -0.2) is 0 Å². The van der Waals surface area contributed by atoms with E-state index < -0.39 is 0 Å². The second-order valence-electron chi connectivity index (χ2n) is 5.19. The predicted octanol–water partition coefficient (Wildman–Crippen LogP) is 3.10. The number of carbonyl (C=O) groups excluding carboxylic acids is 2. The van der Waals surface area contributed by atoms with Gasteiger partial charge in [-0.2, -0.15) is 0 Å². The third-order valence-electron chi connectivity index (χ3n) is 3.75. The van der Waals surface area contributed by atoms with Crippen LogP contribution in [-0.2, 0) is 0 Å². The quantitative estimate of drug-likeness (QED) is 0.751. The summed E-state index contributed by atoms with van der Waals surface area (Å²) in [5.74, 6) is -0.152. The van der Waals surface area contributed by atoms with E-state index in [4.69, 9.17) is 4.42 Å². The lowest BCUT2D eigenvalue weighted by molar-refractivity contribution is 0.111. The molecule has 5 heteroatoms. The van der Waals surface area contributed by atoms with Gasteiger partial charge < -0.3 is 9.52 Å². The zero-order valence-corrected chi connectivity index (χ0v) is 12.2. The first kappa shape index (κ1) is 14.7. The van der Waals surface area contributed by atoms with E-state index in [9.17, 15) is 19.5 Å². The largest absolute Gasteiger partial charge is 0.507 e. The van der Waals surface area contributed by atoms with Gasteiger partial charge in [0.25, 0.3) is 0 Å². The standard InChI is InChI=1S/C18H12O5/c1-10-4-14-17(6-12(10)7-19)23-9-15(18(14)22)11-2-3-16(21)13(5-11)8-20/h2-9,21H,1H3. The Labute approximate surface area is 130 Å². The molecule has 0 saturated carbocycles. The number of aldehydes is 2. The molecule has 3 aromatic rings. The van der Waals surface area contributed by atoms with Gasteiger partial charge in [-0.1, -0.05) is 6.07 Å². The van der Waals surface area contributed by atoms with Gasteiger partial charge >= 0.3 is 0 Å². The van der Waals surface area contributed by atoms with Crippen LogP contribution in [-0.4, -0.2) is 17.7 Å². The van der Waals surface area contributed by atoms with Crippen LogP contribution in [0.2, 0.25) is 0 Å². The molecule has 0 bridgehead atoms. The minimum Gasteiger partial charge on any atom is -0.507 e. The molecule has 1 heterocycles. The first-order valence-corrected chi connectivity index (χ1v) is 6.85. The highest BCUT2D eigenvalue weighted by atomic mass is 16.3. The maximum Gasteiger partial charge on any atom is 0.200 e. The van der Waals surface area contributed by atoms with Gasteiger partial charge in [0.1, 0.15) is 23.9 Å². The van der Waals surface area contributed by atoms with Gasteiger partial charge in [0, 0.05) is 5.56 Å². The number of aryl methyl sites for hydroxylation is 1. The summed E-state index contributed by atoms with van der Waals surface area (Å²) in [7, 11) is 0. The van der Waals surface area contributed by atoms with Crippen molar-refractivity contribution in [3.05, 3.63) is 63.5 Å². The summed E-state index contributed by atoms with van der Waals surface area (Å²) >= 11 is 0. The molecule has 0 aliphatic carbocycles. The molecular weight excluding hydrogens is 296 g/mol. The smallest absolute Gasteiger partial charge is 0.200 e. The Kier molecular flexibility index (Phi) is 3.54. The average Bonchev–Trinajstić information content (AvgIpc) is 2.56. The highest BCUT2D eigenvalue weighted by Gasteiger charge is 2.12. The molecule has 0 spiro atoms. The van der Waals surface area contributed by atoms with Crippen LogP contribution in [0.15, 0.2) is 45.8 Å². The summed E-state index contributed by atoms with van der Waals surface area (Å²) in [6.07, 6.45) is 2.51. The summed E-state index contributed by atoms with van der Waals surface area (Å²) in [5, 5.41) is 9.90. The van der Waals surface area contributed by atoms with Crippen molar-refractivity contribution in [3.8, 4) is 16.9 Å². The molecule has 0 saturated heterocycles. The predicted molar refractivity (Wildman–Crippen MR) is 85.1 cm³/mol. The first-order chi connectivity index (χ1) is 11.0. The zero-order chi connectivity index (χ0) is 16.6. The Morgan fingerprint density at radius 1 is 1.04 bits per heavy atom. The fourth-order valence-corrected chi connectivity index (χ4v) is 2.44. The third-order valence-corrected chi connectivity index (χ3v) is 3.75. The Morgan fingerprint density at radius 2 is 1.78 bits per heavy atom. The SMILES string of the molecule is Cc1cc2c(=O)c(-c3ccc(O)c(C=O)c3)coc2cc1C=O. The van der Waals surface area contributed by atoms with E-state index >= 15 is 0 Å². The van der Waals surface area contributed by atoms with E-state index in [0.717, 1.165) is 0 Å². The van der Waals surface area contributed by atoms with Gasteiger partial charge in [0.2, 0.25) is 0 Å². The minimum absolute atomic E-state index is 0.0921. The number of hydrogen-bond donors (Lipinski definition) is 1. The number of benzene rings is 2. The van der Waals surface area contributed by atoms with Crippen molar-refractivity contribution >= 4 is 23.5 Å². The van der Waals surface area contributed by atoms with Crippen molar-refractivity contribution in [1.29, 1.82) is 0 Å². The van der Waals surface area contributed by atoms with Crippen molar-refractivity contribution in [2.75, 3.05) is 0 Å². The average molecular weight is 308 g/mol. The number of aromatic hydroxyl groups is 1. The fourth-order valence-electron chi connectivity index (χ4n) is 2.44. The molecule has 3 rings (SSSR count). The van der Waals surface area contributed by atoms with E-state index in [1.165, 1.54) is 30.5 Å². The Hall–Kier alpha value is -3.21. The van der Waals surface area contributed by atoms with Gasteiger partial charge in [0.05, 0.1) is 16.5 Å². The summed E-state index contributed by atoms with van der Waals surface area (Å²) in [5.41, 5.74) is 2.03. The second kappa shape index (κ2) is 5.53. The van der Waals surface area contributed by atoms with Crippen LogP contribution in [0.4, 0.5) is 0 Å². The maximum atomic E-state index is 12.7. The topological polar surface area (TPSA) is 84.6 Å². The lowest BCUT2D eigenvalue weighted by Gasteiger charge is -2.06. The maximum absolute atomic E-state index is 12.7. The van der Waals surface area contributed by atoms with Crippen LogP contribution >= 0.6 is 0 Å². The van der Waals surface area contributed by atoms with Crippen molar-refractivity contribution in [2.45, 2.75) is 6.92 Å². The van der Waals surface area contributed by atoms with E-state index in [1.807, 2.05) is 0 Å². The molecule has 0 aliphatic rings. The normalized spacial score (nSPS) is 10.7. The molecule has 1 N–H and O–H groups in total. The highest BCUT2D eigenvalue weighted by Crippen LogP contribution is 2.25. The van der Waals surface area contributed by atoms with Crippen LogP contribution in [0, 0.1) is 6.92 Å². The number of hydrogen-bond acceptors (Lipinski definition) is 5. The van der Waals surface area contributed by atoms with E-state index in [1.54, 1.807) is 13.0 Å². The molecule has 23 heavy (non-hydrogen) atoms. The molecule has 0 unspecified atom stereocenters. The van der Waals surface area contributed by atoms with Crippen molar-refractivity contribution in [2.24, 2.45) is 0 Å². The minimum atomic E-state index is -0.269. The van der Waals surface area contributed by atoms with Crippen LogP contribution in [0.1, 0.15) is 26.3 Å². The van der Waals surface area contributed by atoms with E-state index in [-0.39, 0.29) is 22.3 Å². The van der Waals surface area contributed by atoms with Gasteiger partial charge in [-0.15, -0.1) is 0 Å². The van der Waals surface area contributed by atoms with Crippen LogP contribution in [0.25, 0.3) is 22.1 Å². The number of carbonyl (C=O) groups is 2. The summed E-state index contributed by atoms with van der Waals surface area (Å²) < 4.78 is 5.47. The van der Waals surface area contributed by atoms with Crippen LogP contribution in [0.5, 0.6) is 5.75 Å². The molecule has 0 aliphatic heterocycles. The van der Waals surface area contributed by atoms with Crippen molar-refractivity contribution < 1.29 is 19.1 Å². The zero-order valence-electron chi connectivity index (χ0n) is 12.2. The Balaban J connectivity index is 2.27. The Bertz CT molecular complexity index is 998. The van der Waals surface area contributed by atoms with Crippen LogP contribution in [0.3, 0.4) is 0 Å². The van der Waals surface area contributed by atoms with Crippen molar-refractivity contribution in [1.82, 2.24) is 0 Å². The Morgan fingerprint density at radius 3 is 2.48 bits per heavy atom. The number of fused-ring (bicyclic) bond motifs is 1. The van der Waals surface area contributed by atoms with E-state index in [0.29, 0.717) is 40.2 Å². The highest BCUT2D eigenvalue weighted by molar-refractivity contribution is 5.90. The van der Waals surface area contributed by atoms with Crippen molar-refractivity contribution in [3.63, 3.8) is 0 Å². The first-order valence-electron chi connectivity index (χ1n) is 6.85. The molecular formula is C18H12O5. The monoisotopic (exact) mass is 308 g/mol. The summed E-state index contributed by atoms with van der Waals surface area (Å²) in [4.78, 5) is 34.6. The number of phenolic OH excluding ortho intramolecular Hbond substituents is 1. The molecule has 0 fully saturated rings. The third kappa shape index (κ3) is 2.42. The molecule has 0 amide bonds. The molecule has 1 aromatic heterocycles. The van der Waals surface area contributed by atoms with Crippen LogP contribution < -0.4 is 5.43 Å². The summed E-state index contributed by atoms with van der Waals surface area (Å²) in [6, 6.07) is 7.44. The molecule has 0 radical (unpaired) electrons. The molecule has 0 atom stereocenters. The van der Waals surface area contributed by atoms with E-state index in [2.05, 4.69) is 0 Å². The summed E-state index contributed by atoms with van der Waals surface area (Å²) in [6.45, 7) is 1.74.